The van der Waals surface area contributed by atoms with Crippen molar-refractivity contribution in [2.24, 2.45) is 11.8 Å². The van der Waals surface area contributed by atoms with E-state index in [1.807, 2.05) is 32.0 Å². The van der Waals surface area contributed by atoms with Crippen LogP contribution < -0.4 is 10.6 Å². The maximum absolute atomic E-state index is 12.4. The Morgan fingerprint density at radius 1 is 1.09 bits per heavy atom. The molecule has 0 aliphatic rings. The second-order valence-corrected chi connectivity index (χ2v) is 6.18. The van der Waals surface area contributed by atoms with Crippen molar-refractivity contribution in [2.45, 2.75) is 46.6 Å². The number of hydrogen-bond donors (Lipinski definition) is 2. The summed E-state index contributed by atoms with van der Waals surface area (Å²) in [5.41, 5.74) is 0.575. The molecule has 4 heteroatoms. The van der Waals surface area contributed by atoms with Crippen LogP contribution in [0.5, 0.6) is 0 Å². The first-order valence-electron chi connectivity index (χ1n) is 8.09. The largest absolute Gasteiger partial charge is 0.354 e. The van der Waals surface area contributed by atoms with Gasteiger partial charge in [-0.25, -0.2) is 0 Å². The van der Waals surface area contributed by atoms with Gasteiger partial charge in [-0.2, -0.15) is 0 Å². The molecule has 0 radical (unpaired) electrons. The van der Waals surface area contributed by atoms with Crippen molar-refractivity contribution in [1.29, 1.82) is 0 Å². The number of rotatable bonds is 8. The number of hydrogen-bond acceptors (Lipinski definition) is 2. The Balaban J connectivity index is 2.68. The zero-order valence-electron chi connectivity index (χ0n) is 14.1. The first-order valence-corrected chi connectivity index (χ1v) is 8.09. The van der Waals surface area contributed by atoms with Crippen molar-refractivity contribution in [2.75, 3.05) is 6.54 Å². The lowest BCUT2D eigenvalue weighted by molar-refractivity contribution is -0.124. The van der Waals surface area contributed by atoms with E-state index in [4.69, 9.17) is 0 Å². The number of nitrogens with one attached hydrogen (secondary N) is 2. The van der Waals surface area contributed by atoms with E-state index >= 15 is 0 Å². The van der Waals surface area contributed by atoms with Crippen molar-refractivity contribution in [3.05, 3.63) is 35.9 Å². The van der Waals surface area contributed by atoms with Crippen LogP contribution in [0.4, 0.5) is 0 Å². The second kappa shape index (κ2) is 9.23. The molecule has 2 N–H and O–H groups in total. The van der Waals surface area contributed by atoms with E-state index in [0.717, 1.165) is 12.8 Å². The van der Waals surface area contributed by atoms with Crippen molar-refractivity contribution >= 4 is 11.8 Å². The van der Waals surface area contributed by atoms with E-state index in [1.165, 1.54) is 0 Å². The standard InChI is InChI=1S/C18H28N2O2/c1-5-14(4)16(18(22)19-12-11-13(2)3)20-17(21)15-9-7-6-8-10-15/h6-10,13-14,16H,5,11-12H2,1-4H3,(H,19,22)(H,20,21). The van der Waals surface area contributed by atoms with Gasteiger partial charge in [0, 0.05) is 12.1 Å². The lowest BCUT2D eigenvalue weighted by atomic mass is 9.97. The monoisotopic (exact) mass is 304 g/mol. The zero-order chi connectivity index (χ0) is 16.5. The van der Waals surface area contributed by atoms with E-state index in [-0.39, 0.29) is 17.7 Å². The van der Waals surface area contributed by atoms with Crippen LogP contribution >= 0.6 is 0 Å². The van der Waals surface area contributed by atoms with Gasteiger partial charge in [0.2, 0.25) is 5.91 Å². The Hall–Kier alpha value is -1.84. The molecule has 0 saturated carbocycles. The van der Waals surface area contributed by atoms with E-state index in [0.29, 0.717) is 18.0 Å². The summed E-state index contributed by atoms with van der Waals surface area (Å²) < 4.78 is 0. The number of benzene rings is 1. The van der Waals surface area contributed by atoms with Gasteiger partial charge < -0.3 is 10.6 Å². The Bertz CT molecular complexity index is 471. The highest BCUT2D eigenvalue weighted by Gasteiger charge is 2.25. The summed E-state index contributed by atoms with van der Waals surface area (Å²) in [6, 6.07) is 8.50. The van der Waals surface area contributed by atoms with Gasteiger partial charge in [0.15, 0.2) is 0 Å². The average Bonchev–Trinajstić information content (AvgIpc) is 2.51. The Labute approximate surface area is 133 Å². The van der Waals surface area contributed by atoms with Crippen LogP contribution in [0, 0.1) is 11.8 Å². The van der Waals surface area contributed by atoms with E-state index in [1.54, 1.807) is 12.1 Å². The SMILES string of the molecule is CCC(C)C(NC(=O)c1ccccc1)C(=O)NCCC(C)C. The fourth-order valence-electron chi connectivity index (χ4n) is 2.11. The van der Waals surface area contributed by atoms with Gasteiger partial charge in [-0.05, 0) is 30.4 Å². The minimum atomic E-state index is -0.495. The van der Waals surface area contributed by atoms with Gasteiger partial charge in [0.25, 0.3) is 5.91 Å². The predicted molar refractivity (Wildman–Crippen MR) is 89.6 cm³/mol. The molecule has 2 amide bonds. The third-order valence-corrected chi connectivity index (χ3v) is 3.84. The molecule has 1 aromatic carbocycles. The van der Waals surface area contributed by atoms with E-state index < -0.39 is 6.04 Å². The molecule has 0 heterocycles. The lowest BCUT2D eigenvalue weighted by Crippen LogP contribution is -2.50. The molecule has 0 aromatic heterocycles. The van der Waals surface area contributed by atoms with Crippen molar-refractivity contribution in [1.82, 2.24) is 10.6 Å². The molecule has 0 aliphatic carbocycles. The summed E-state index contributed by atoms with van der Waals surface area (Å²) in [6.45, 7) is 8.89. The van der Waals surface area contributed by atoms with Crippen LogP contribution in [-0.4, -0.2) is 24.4 Å². The quantitative estimate of drug-likeness (QED) is 0.775. The van der Waals surface area contributed by atoms with Gasteiger partial charge in [-0.1, -0.05) is 52.3 Å². The lowest BCUT2D eigenvalue weighted by Gasteiger charge is -2.23. The van der Waals surface area contributed by atoms with Crippen LogP contribution in [0.3, 0.4) is 0 Å². The Morgan fingerprint density at radius 2 is 1.73 bits per heavy atom. The Morgan fingerprint density at radius 3 is 2.27 bits per heavy atom. The summed E-state index contributed by atoms with van der Waals surface area (Å²) in [6.07, 6.45) is 1.77. The minimum Gasteiger partial charge on any atom is -0.354 e. The van der Waals surface area contributed by atoms with Crippen LogP contribution in [-0.2, 0) is 4.79 Å². The highest BCUT2D eigenvalue weighted by molar-refractivity contribution is 5.97. The van der Waals surface area contributed by atoms with Crippen LogP contribution in [0.2, 0.25) is 0 Å². The van der Waals surface area contributed by atoms with Gasteiger partial charge in [-0.3, -0.25) is 9.59 Å². The highest BCUT2D eigenvalue weighted by Crippen LogP contribution is 2.10. The average molecular weight is 304 g/mol. The topological polar surface area (TPSA) is 58.2 Å². The minimum absolute atomic E-state index is 0.0895. The molecule has 0 spiro atoms. The molecule has 2 unspecified atom stereocenters. The molecule has 0 bridgehead atoms. The van der Waals surface area contributed by atoms with Crippen molar-refractivity contribution < 1.29 is 9.59 Å². The zero-order valence-corrected chi connectivity index (χ0v) is 14.1. The van der Waals surface area contributed by atoms with Gasteiger partial charge in [0.05, 0.1) is 0 Å². The Kier molecular flexibility index (Phi) is 7.64. The predicted octanol–water partition coefficient (Wildman–Crippen LogP) is 2.99. The van der Waals surface area contributed by atoms with Crippen LogP contribution in [0.15, 0.2) is 30.3 Å². The maximum atomic E-state index is 12.4. The molecule has 0 fully saturated rings. The third-order valence-electron chi connectivity index (χ3n) is 3.84. The molecule has 1 aromatic rings. The van der Waals surface area contributed by atoms with Crippen LogP contribution in [0.1, 0.15) is 50.9 Å². The molecule has 122 valence electrons. The van der Waals surface area contributed by atoms with Crippen molar-refractivity contribution in [3.63, 3.8) is 0 Å². The number of carbonyl (C=O) groups excluding carboxylic acids is 2. The first kappa shape index (κ1) is 18.2. The molecular weight excluding hydrogens is 276 g/mol. The maximum Gasteiger partial charge on any atom is 0.251 e. The van der Waals surface area contributed by atoms with E-state index in [2.05, 4.69) is 24.5 Å². The highest BCUT2D eigenvalue weighted by atomic mass is 16.2. The van der Waals surface area contributed by atoms with Gasteiger partial charge >= 0.3 is 0 Å². The smallest absolute Gasteiger partial charge is 0.251 e. The first-order chi connectivity index (χ1) is 10.5. The number of carbonyl (C=O) groups is 2. The van der Waals surface area contributed by atoms with Gasteiger partial charge in [-0.15, -0.1) is 0 Å². The molecule has 22 heavy (non-hydrogen) atoms. The molecule has 0 saturated heterocycles. The summed E-state index contributed by atoms with van der Waals surface area (Å²) in [5.74, 6) is 0.331. The third kappa shape index (κ3) is 5.88. The van der Waals surface area contributed by atoms with Gasteiger partial charge in [0.1, 0.15) is 6.04 Å². The molecular formula is C18H28N2O2. The summed E-state index contributed by atoms with van der Waals surface area (Å²) in [7, 11) is 0. The van der Waals surface area contributed by atoms with Crippen LogP contribution in [0.25, 0.3) is 0 Å². The fourth-order valence-corrected chi connectivity index (χ4v) is 2.11. The number of amides is 2. The molecule has 1 rings (SSSR count). The summed E-state index contributed by atoms with van der Waals surface area (Å²) >= 11 is 0. The molecule has 4 nitrogen and oxygen atoms in total. The molecule has 0 aliphatic heterocycles. The van der Waals surface area contributed by atoms with Crippen molar-refractivity contribution in [3.8, 4) is 0 Å². The normalized spacial score (nSPS) is 13.5. The fraction of sp³-hybridized carbons (Fsp3) is 0.556. The summed E-state index contributed by atoms with van der Waals surface area (Å²) in [5, 5.41) is 5.80. The second-order valence-electron chi connectivity index (χ2n) is 6.18. The molecule has 2 atom stereocenters. The van der Waals surface area contributed by atoms with E-state index in [9.17, 15) is 9.59 Å². The summed E-state index contributed by atoms with van der Waals surface area (Å²) in [4.78, 5) is 24.6.